The predicted molar refractivity (Wildman–Crippen MR) is 64.9 cm³/mol. The minimum atomic E-state index is -0.0251. The van der Waals surface area contributed by atoms with Gasteiger partial charge in [0.15, 0.2) is 0 Å². The monoisotopic (exact) mass is 233 g/mol. The summed E-state index contributed by atoms with van der Waals surface area (Å²) in [6, 6.07) is 1.78. The van der Waals surface area contributed by atoms with Crippen LogP contribution in [0.2, 0.25) is 0 Å². The van der Waals surface area contributed by atoms with Gasteiger partial charge in [0.25, 0.3) is 0 Å². The van der Waals surface area contributed by atoms with Gasteiger partial charge in [-0.15, -0.1) is 0 Å². The van der Waals surface area contributed by atoms with E-state index in [1.165, 1.54) is 6.92 Å². The number of rotatable bonds is 1. The first-order chi connectivity index (χ1) is 8.15. The van der Waals surface area contributed by atoms with Crippen LogP contribution in [-0.2, 0) is 9.59 Å². The average molecular weight is 233 g/mol. The lowest BCUT2D eigenvalue weighted by Crippen LogP contribution is -2.45. The van der Waals surface area contributed by atoms with E-state index in [0.717, 1.165) is 5.69 Å². The lowest BCUT2D eigenvalue weighted by Gasteiger charge is -2.35. The normalized spacial score (nSPS) is 14.5. The maximum Gasteiger partial charge on any atom is 0.226 e. The van der Waals surface area contributed by atoms with Gasteiger partial charge in [-0.1, -0.05) is 6.92 Å². The van der Waals surface area contributed by atoms with Crippen molar-refractivity contribution in [2.75, 3.05) is 22.9 Å². The Morgan fingerprint density at radius 1 is 1.29 bits per heavy atom. The van der Waals surface area contributed by atoms with Gasteiger partial charge >= 0.3 is 0 Å². The molecule has 0 aliphatic carbocycles. The predicted octanol–water partition coefficient (Wildman–Crippen LogP) is 1.19. The van der Waals surface area contributed by atoms with Crippen LogP contribution < -0.4 is 9.80 Å². The molecule has 90 valence electrons. The van der Waals surface area contributed by atoms with Crippen molar-refractivity contribution >= 4 is 23.2 Å². The van der Waals surface area contributed by atoms with Crippen LogP contribution in [0.4, 0.5) is 11.4 Å². The highest BCUT2D eigenvalue weighted by Crippen LogP contribution is 2.32. The van der Waals surface area contributed by atoms with E-state index in [1.807, 2.05) is 6.92 Å². The molecule has 5 nitrogen and oxygen atoms in total. The van der Waals surface area contributed by atoms with Crippen LogP contribution in [0.25, 0.3) is 0 Å². The number of fused-ring (bicyclic) bond motifs is 1. The minimum absolute atomic E-state index is 0.0251. The molecule has 0 spiro atoms. The second-order valence-electron chi connectivity index (χ2n) is 3.93. The number of amides is 2. The maximum absolute atomic E-state index is 11.8. The molecule has 2 amide bonds. The molecule has 17 heavy (non-hydrogen) atoms. The van der Waals surface area contributed by atoms with Gasteiger partial charge in [0.05, 0.1) is 17.6 Å². The molecule has 0 unspecified atom stereocenters. The molecule has 0 bridgehead atoms. The van der Waals surface area contributed by atoms with Crippen molar-refractivity contribution in [3.8, 4) is 0 Å². The van der Waals surface area contributed by atoms with Crippen LogP contribution in [-0.4, -0.2) is 29.9 Å². The van der Waals surface area contributed by atoms with Crippen LogP contribution >= 0.6 is 0 Å². The molecule has 0 radical (unpaired) electrons. The van der Waals surface area contributed by atoms with Crippen LogP contribution in [0, 0.1) is 0 Å². The Kier molecular flexibility index (Phi) is 3.08. The second-order valence-corrected chi connectivity index (χ2v) is 3.93. The Morgan fingerprint density at radius 3 is 2.65 bits per heavy atom. The summed E-state index contributed by atoms with van der Waals surface area (Å²) < 4.78 is 0. The number of anilines is 2. The van der Waals surface area contributed by atoms with E-state index in [-0.39, 0.29) is 11.8 Å². The minimum Gasteiger partial charge on any atom is -0.308 e. The topological polar surface area (TPSA) is 53.5 Å². The zero-order valence-corrected chi connectivity index (χ0v) is 10.0. The van der Waals surface area contributed by atoms with Gasteiger partial charge in [-0.3, -0.25) is 14.6 Å². The smallest absolute Gasteiger partial charge is 0.226 e. The summed E-state index contributed by atoms with van der Waals surface area (Å²) in [5, 5.41) is 0. The Hall–Kier alpha value is -1.91. The molecule has 0 aromatic carbocycles. The van der Waals surface area contributed by atoms with Gasteiger partial charge < -0.3 is 9.80 Å². The number of pyridine rings is 1. The molecule has 0 saturated carbocycles. The average Bonchev–Trinajstić information content (AvgIpc) is 2.36. The van der Waals surface area contributed by atoms with E-state index in [0.29, 0.717) is 25.2 Å². The fourth-order valence-electron chi connectivity index (χ4n) is 2.03. The lowest BCUT2D eigenvalue weighted by atomic mass is 10.2. The largest absolute Gasteiger partial charge is 0.308 e. The SMILES string of the molecule is CCC(=O)N1CCN(C(C)=O)c2cnccc21. The highest BCUT2D eigenvalue weighted by atomic mass is 16.2. The van der Waals surface area contributed by atoms with Crippen LogP contribution in [0.15, 0.2) is 18.5 Å². The highest BCUT2D eigenvalue weighted by Gasteiger charge is 2.27. The molecule has 0 saturated heterocycles. The summed E-state index contributed by atoms with van der Waals surface area (Å²) in [7, 11) is 0. The molecule has 5 heteroatoms. The molecule has 0 fully saturated rings. The fourth-order valence-corrected chi connectivity index (χ4v) is 2.03. The summed E-state index contributed by atoms with van der Waals surface area (Å²) >= 11 is 0. The summed E-state index contributed by atoms with van der Waals surface area (Å²) in [4.78, 5) is 30.7. The number of aromatic nitrogens is 1. The summed E-state index contributed by atoms with van der Waals surface area (Å²) in [5.41, 5.74) is 1.49. The van der Waals surface area contributed by atoms with E-state index in [9.17, 15) is 9.59 Å². The molecule has 1 aliphatic rings. The molecular weight excluding hydrogens is 218 g/mol. The lowest BCUT2D eigenvalue weighted by molar-refractivity contribution is -0.119. The van der Waals surface area contributed by atoms with E-state index in [1.54, 1.807) is 28.3 Å². The first-order valence-corrected chi connectivity index (χ1v) is 5.67. The van der Waals surface area contributed by atoms with Crippen molar-refractivity contribution in [2.24, 2.45) is 0 Å². The van der Waals surface area contributed by atoms with Gasteiger partial charge in [0.2, 0.25) is 11.8 Å². The Labute approximate surface area is 100 Å². The Morgan fingerprint density at radius 2 is 2.00 bits per heavy atom. The summed E-state index contributed by atoms with van der Waals surface area (Å²) in [6.45, 7) is 4.43. The van der Waals surface area contributed by atoms with Gasteiger partial charge in [0.1, 0.15) is 0 Å². The third-order valence-corrected chi connectivity index (χ3v) is 2.89. The summed E-state index contributed by atoms with van der Waals surface area (Å²) in [6.07, 6.45) is 3.73. The molecule has 1 aliphatic heterocycles. The molecule has 0 N–H and O–H groups in total. The van der Waals surface area contributed by atoms with Crippen LogP contribution in [0.3, 0.4) is 0 Å². The van der Waals surface area contributed by atoms with Crippen molar-refractivity contribution in [2.45, 2.75) is 20.3 Å². The number of carbonyl (C=O) groups is 2. The molecule has 1 aromatic heterocycles. The molecule has 2 heterocycles. The molecule has 0 atom stereocenters. The van der Waals surface area contributed by atoms with Crippen molar-refractivity contribution in [1.29, 1.82) is 0 Å². The number of hydrogen-bond donors (Lipinski definition) is 0. The van der Waals surface area contributed by atoms with Gasteiger partial charge in [-0.25, -0.2) is 0 Å². The number of nitrogens with zero attached hydrogens (tertiary/aromatic N) is 3. The van der Waals surface area contributed by atoms with E-state index < -0.39 is 0 Å². The van der Waals surface area contributed by atoms with Crippen molar-refractivity contribution < 1.29 is 9.59 Å². The zero-order chi connectivity index (χ0) is 12.4. The third-order valence-electron chi connectivity index (χ3n) is 2.89. The van der Waals surface area contributed by atoms with Gasteiger partial charge in [-0.2, -0.15) is 0 Å². The van der Waals surface area contributed by atoms with Crippen molar-refractivity contribution in [3.63, 3.8) is 0 Å². The maximum atomic E-state index is 11.8. The molecule has 2 rings (SSSR count). The van der Waals surface area contributed by atoms with E-state index in [2.05, 4.69) is 4.98 Å². The van der Waals surface area contributed by atoms with Crippen LogP contribution in [0.5, 0.6) is 0 Å². The fraction of sp³-hybridized carbons (Fsp3) is 0.417. The first-order valence-electron chi connectivity index (χ1n) is 5.67. The third kappa shape index (κ3) is 2.00. The zero-order valence-electron chi connectivity index (χ0n) is 10.0. The summed E-state index contributed by atoms with van der Waals surface area (Å²) in [5.74, 6) is 0.0449. The van der Waals surface area contributed by atoms with Crippen LogP contribution in [0.1, 0.15) is 20.3 Å². The first kappa shape index (κ1) is 11.6. The van der Waals surface area contributed by atoms with Crippen molar-refractivity contribution in [3.05, 3.63) is 18.5 Å². The Balaban J connectivity index is 2.43. The van der Waals surface area contributed by atoms with Crippen molar-refractivity contribution in [1.82, 2.24) is 4.98 Å². The molecular formula is C12H15N3O2. The highest BCUT2D eigenvalue weighted by molar-refractivity contribution is 6.03. The number of hydrogen-bond acceptors (Lipinski definition) is 3. The molecule has 1 aromatic rings. The quantitative estimate of drug-likeness (QED) is 0.732. The second kappa shape index (κ2) is 4.53. The van der Waals surface area contributed by atoms with Gasteiger partial charge in [0, 0.05) is 32.6 Å². The van der Waals surface area contributed by atoms with E-state index >= 15 is 0 Å². The standard InChI is InChI=1S/C12H15N3O2/c1-3-12(17)15-7-6-14(9(2)16)11-8-13-5-4-10(11)15/h4-5,8H,3,6-7H2,1-2H3. The van der Waals surface area contributed by atoms with E-state index in [4.69, 9.17) is 0 Å². The number of carbonyl (C=O) groups excluding carboxylic acids is 2. The van der Waals surface area contributed by atoms with Gasteiger partial charge in [-0.05, 0) is 6.07 Å². The Bertz CT molecular complexity index is 459.